The van der Waals surface area contributed by atoms with E-state index in [4.69, 9.17) is 0 Å². The molecule has 106 valence electrons. The van der Waals surface area contributed by atoms with Gasteiger partial charge >= 0.3 is 0 Å². The van der Waals surface area contributed by atoms with Crippen molar-refractivity contribution in [3.8, 4) is 0 Å². The molecule has 0 aliphatic heterocycles. The van der Waals surface area contributed by atoms with Crippen LogP contribution in [0, 0.1) is 0 Å². The van der Waals surface area contributed by atoms with Crippen LogP contribution in [0.3, 0.4) is 0 Å². The van der Waals surface area contributed by atoms with Gasteiger partial charge in [0.25, 0.3) is 0 Å². The number of hydrogen-bond acceptors (Lipinski definition) is 3. The first-order chi connectivity index (χ1) is 8.91. The molecular weight excluding hydrogens is 260 g/mol. The fraction of sp³-hybridized carbons (Fsp3) is 0.600. The van der Waals surface area contributed by atoms with E-state index in [1.807, 2.05) is 30.3 Å². The molecule has 0 bridgehead atoms. The van der Waals surface area contributed by atoms with E-state index < -0.39 is 15.4 Å². The molecule has 1 saturated carbocycles. The predicted molar refractivity (Wildman–Crippen MR) is 76.9 cm³/mol. The van der Waals surface area contributed by atoms with Crippen LogP contribution in [0.4, 0.5) is 0 Å². The first-order valence-corrected chi connectivity index (χ1v) is 8.92. The van der Waals surface area contributed by atoms with Crippen LogP contribution >= 0.6 is 0 Å². The third kappa shape index (κ3) is 3.80. The maximum Gasteiger partial charge on any atom is 0.147 e. The SMILES string of the molecule is CS(=O)(=O)CCC1(O)CCCCC1c1ccccc1. The number of aliphatic hydroxyl groups is 1. The second-order valence-corrected chi connectivity index (χ2v) is 7.95. The summed E-state index contributed by atoms with van der Waals surface area (Å²) in [4.78, 5) is 0. The van der Waals surface area contributed by atoms with Gasteiger partial charge in [0.15, 0.2) is 0 Å². The summed E-state index contributed by atoms with van der Waals surface area (Å²) < 4.78 is 22.7. The first kappa shape index (κ1) is 14.5. The van der Waals surface area contributed by atoms with Crippen molar-refractivity contribution in [1.29, 1.82) is 0 Å². The molecule has 0 radical (unpaired) electrons. The number of sulfone groups is 1. The summed E-state index contributed by atoms with van der Waals surface area (Å²) in [5.74, 6) is 0.122. The first-order valence-electron chi connectivity index (χ1n) is 6.86. The highest BCUT2D eigenvalue weighted by Crippen LogP contribution is 2.43. The monoisotopic (exact) mass is 282 g/mol. The zero-order valence-corrected chi connectivity index (χ0v) is 12.2. The van der Waals surface area contributed by atoms with E-state index in [0.29, 0.717) is 12.8 Å². The highest BCUT2D eigenvalue weighted by Gasteiger charge is 2.39. The summed E-state index contributed by atoms with van der Waals surface area (Å²) in [6.45, 7) is 0. The molecule has 1 aromatic rings. The molecule has 1 aromatic carbocycles. The van der Waals surface area contributed by atoms with Gasteiger partial charge in [-0.05, 0) is 24.8 Å². The smallest absolute Gasteiger partial charge is 0.147 e. The Balaban J connectivity index is 2.20. The lowest BCUT2D eigenvalue weighted by Crippen LogP contribution is -2.40. The van der Waals surface area contributed by atoms with Crippen molar-refractivity contribution in [3.63, 3.8) is 0 Å². The van der Waals surface area contributed by atoms with Crippen LogP contribution in [-0.2, 0) is 9.84 Å². The Labute approximate surface area is 115 Å². The molecule has 2 rings (SSSR count). The van der Waals surface area contributed by atoms with Gasteiger partial charge in [0.2, 0.25) is 0 Å². The van der Waals surface area contributed by atoms with Gasteiger partial charge in [-0.2, -0.15) is 0 Å². The van der Waals surface area contributed by atoms with Gasteiger partial charge in [0.05, 0.1) is 11.4 Å². The van der Waals surface area contributed by atoms with Gasteiger partial charge in [-0.15, -0.1) is 0 Å². The summed E-state index contributed by atoms with van der Waals surface area (Å²) in [5.41, 5.74) is 0.251. The molecule has 0 aromatic heterocycles. The molecule has 2 unspecified atom stereocenters. The Bertz CT molecular complexity index is 509. The third-order valence-corrected chi connectivity index (χ3v) is 5.05. The summed E-state index contributed by atoms with van der Waals surface area (Å²) in [5, 5.41) is 10.9. The molecule has 2 atom stereocenters. The van der Waals surface area contributed by atoms with Crippen LogP contribution in [0.1, 0.15) is 43.6 Å². The van der Waals surface area contributed by atoms with Crippen molar-refractivity contribution >= 4 is 9.84 Å². The molecule has 1 aliphatic carbocycles. The zero-order valence-electron chi connectivity index (χ0n) is 11.4. The fourth-order valence-corrected chi connectivity index (χ4v) is 3.77. The third-order valence-electron chi connectivity index (χ3n) is 4.11. The summed E-state index contributed by atoms with van der Waals surface area (Å²) in [6.07, 6.45) is 5.28. The molecule has 3 nitrogen and oxygen atoms in total. The van der Waals surface area contributed by atoms with E-state index in [-0.39, 0.29) is 11.7 Å². The van der Waals surface area contributed by atoms with Gasteiger partial charge < -0.3 is 5.11 Å². The van der Waals surface area contributed by atoms with Crippen molar-refractivity contribution in [2.24, 2.45) is 0 Å². The fourth-order valence-electron chi connectivity index (χ4n) is 3.05. The minimum atomic E-state index is -3.03. The largest absolute Gasteiger partial charge is 0.389 e. The lowest BCUT2D eigenvalue weighted by molar-refractivity contribution is -0.0196. The van der Waals surface area contributed by atoms with E-state index >= 15 is 0 Å². The van der Waals surface area contributed by atoms with Crippen LogP contribution in [-0.4, -0.2) is 31.1 Å². The van der Waals surface area contributed by atoms with E-state index in [1.54, 1.807) is 0 Å². The number of rotatable bonds is 4. The van der Waals surface area contributed by atoms with Crippen molar-refractivity contribution in [2.75, 3.05) is 12.0 Å². The van der Waals surface area contributed by atoms with Gasteiger partial charge in [0.1, 0.15) is 9.84 Å². The molecule has 0 amide bonds. The van der Waals surface area contributed by atoms with Crippen LogP contribution in [0.5, 0.6) is 0 Å². The van der Waals surface area contributed by atoms with Crippen LogP contribution in [0.25, 0.3) is 0 Å². The maximum absolute atomic E-state index is 11.3. The van der Waals surface area contributed by atoms with Crippen LogP contribution in [0.15, 0.2) is 30.3 Å². The zero-order chi connectivity index (χ0) is 13.9. The van der Waals surface area contributed by atoms with Gasteiger partial charge in [-0.3, -0.25) is 0 Å². The van der Waals surface area contributed by atoms with Gasteiger partial charge in [0, 0.05) is 12.2 Å². The molecule has 1 N–H and O–H groups in total. The highest BCUT2D eigenvalue weighted by atomic mass is 32.2. The Morgan fingerprint density at radius 2 is 1.95 bits per heavy atom. The molecule has 0 heterocycles. The highest BCUT2D eigenvalue weighted by molar-refractivity contribution is 7.90. The van der Waals surface area contributed by atoms with E-state index in [2.05, 4.69) is 0 Å². The standard InChI is InChI=1S/C15H22O3S/c1-19(17,18)12-11-15(16)10-6-5-9-14(15)13-7-3-2-4-8-13/h2-4,7-8,14,16H,5-6,9-12H2,1H3. The van der Waals surface area contributed by atoms with E-state index in [1.165, 1.54) is 6.26 Å². The lowest BCUT2D eigenvalue weighted by Gasteiger charge is -2.40. The topological polar surface area (TPSA) is 54.4 Å². The van der Waals surface area contributed by atoms with Crippen molar-refractivity contribution in [1.82, 2.24) is 0 Å². The lowest BCUT2D eigenvalue weighted by atomic mass is 9.71. The molecule has 0 saturated heterocycles. The van der Waals surface area contributed by atoms with Crippen molar-refractivity contribution in [3.05, 3.63) is 35.9 Å². The summed E-state index contributed by atoms with van der Waals surface area (Å²) in [6, 6.07) is 9.96. The number of benzene rings is 1. The molecule has 19 heavy (non-hydrogen) atoms. The Morgan fingerprint density at radius 1 is 1.26 bits per heavy atom. The maximum atomic E-state index is 11.3. The quantitative estimate of drug-likeness (QED) is 0.923. The van der Waals surface area contributed by atoms with Crippen molar-refractivity contribution < 1.29 is 13.5 Å². The second-order valence-electron chi connectivity index (χ2n) is 5.69. The normalized spacial score (nSPS) is 28.2. The molecule has 1 aliphatic rings. The molecular formula is C15H22O3S. The van der Waals surface area contributed by atoms with E-state index in [0.717, 1.165) is 24.8 Å². The minimum absolute atomic E-state index is 0.0594. The Morgan fingerprint density at radius 3 is 2.58 bits per heavy atom. The molecule has 4 heteroatoms. The summed E-state index contributed by atoms with van der Waals surface area (Å²) >= 11 is 0. The second kappa shape index (κ2) is 5.63. The average Bonchev–Trinajstić information content (AvgIpc) is 2.37. The summed E-state index contributed by atoms with van der Waals surface area (Å²) in [7, 11) is -3.03. The predicted octanol–water partition coefficient (Wildman–Crippen LogP) is 2.51. The molecule has 0 spiro atoms. The minimum Gasteiger partial charge on any atom is -0.389 e. The van der Waals surface area contributed by atoms with E-state index in [9.17, 15) is 13.5 Å². The van der Waals surface area contributed by atoms with Crippen LogP contribution in [0.2, 0.25) is 0 Å². The average molecular weight is 282 g/mol. The Hall–Kier alpha value is -0.870. The van der Waals surface area contributed by atoms with Crippen molar-refractivity contribution in [2.45, 2.75) is 43.6 Å². The van der Waals surface area contributed by atoms with Gasteiger partial charge in [-0.1, -0.05) is 43.2 Å². The Kier molecular flexibility index (Phi) is 4.31. The number of hydrogen-bond donors (Lipinski definition) is 1. The van der Waals surface area contributed by atoms with Gasteiger partial charge in [-0.25, -0.2) is 8.42 Å². The molecule has 1 fully saturated rings. The van der Waals surface area contributed by atoms with Crippen LogP contribution < -0.4 is 0 Å².